The van der Waals surface area contributed by atoms with Crippen molar-refractivity contribution in [1.29, 1.82) is 0 Å². The Balaban J connectivity index is 1.86. The monoisotopic (exact) mass is 310 g/mol. The first kappa shape index (κ1) is 15.2. The van der Waals surface area contributed by atoms with Gasteiger partial charge < -0.3 is 15.0 Å². The van der Waals surface area contributed by atoms with Crippen molar-refractivity contribution in [2.24, 2.45) is 0 Å². The van der Waals surface area contributed by atoms with Gasteiger partial charge in [0, 0.05) is 18.6 Å². The second-order valence-electron chi connectivity index (χ2n) is 5.82. The number of para-hydroxylation sites is 1. The zero-order valence-corrected chi connectivity index (χ0v) is 12.3. The van der Waals surface area contributed by atoms with Gasteiger partial charge in [-0.3, -0.25) is 4.79 Å². The molecule has 1 N–H and O–H groups in total. The third kappa shape index (κ3) is 3.06. The Labute approximate surface area is 128 Å². The van der Waals surface area contributed by atoms with Gasteiger partial charge in [0.15, 0.2) is 0 Å². The van der Waals surface area contributed by atoms with Gasteiger partial charge in [0.05, 0.1) is 5.56 Å². The van der Waals surface area contributed by atoms with Crippen molar-refractivity contribution >= 4 is 5.91 Å². The summed E-state index contributed by atoms with van der Waals surface area (Å²) in [6.07, 6.45) is 3.99. The van der Waals surface area contributed by atoms with Crippen molar-refractivity contribution in [3.05, 3.63) is 29.8 Å². The highest BCUT2D eigenvalue weighted by molar-refractivity contribution is 5.97. The van der Waals surface area contributed by atoms with Crippen LogP contribution in [0.1, 0.15) is 36.0 Å². The van der Waals surface area contributed by atoms with Crippen molar-refractivity contribution < 1.29 is 18.3 Å². The van der Waals surface area contributed by atoms with E-state index in [1.54, 1.807) is 18.2 Å². The van der Waals surface area contributed by atoms with Crippen LogP contribution in [0.25, 0.3) is 0 Å². The van der Waals surface area contributed by atoms with Gasteiger partial charge in [-0.15, -0.1) is 0 Å². The van der Waals surface area contributed by atoms with Crippen LogP contribution < -0.4 is 10.1 Å². The maximum Gasteiger partial charge on any atom is 0.387 e. The fourth-order valence-corrected chi connectivity index (χ4v) is 3.15. The van der Waals surface area contributed by atoms with Gasteiger partial charge in [-0.05, 0) is 44.4 Å². The summed E-state index contributed by atoms with van der Waals surface area (Å²) in [7, 11) is 0. The minimum Gasteiger partial charge on any atom is -0.434 e. The quantitative estimate of drug-likeness (QED) is 0.909. The van der Waals surface area contributed by atoms with Gasteiger partial charge in [0.2, 0.25) is 0 Å². The molecule has 0 aromatic heterocycles. The van der Waals surface area contributed by atoms with Crippen LogP contribution in [0.5, 0.6) is 5.75 Å². The zero-order valence-electron chi connectivity index (χ0n) is 12.3. The zero-order chi connectivity index (χ0) is 15.5. The minimum atomic E-state index is -2.93. The van der Waals surface area contributed by atoms with E-state index < -0.39 is 6.61 Å². The van der Waals surface area contributed by atoms with Gasteiger partial charge in [-0.25, -0.2) is 0 Å². The number of carbonyl (C=O) groups is 1. The number of carbonyl (C=O) groups excluding carboxylic acids is 1. The van der Waals surface area contributed by atoms with Gasteiger partial charge in [-0.2, -0.15) is 8.78 Å². The van der Waals surface area contributed by atoms with Gasteiger partial charge >= 0.3 is 6.61 Å². The molecule has 4 nitrogen and oxygen atoms in total. The molecule has 0 radical (unpaired) electrons. The predicted octanol–water partition coefficient (Wildman–Crippen LogP) is 2.64. The number of rotatable bonds is 5. The second-order valence-corrected chi connectivity index (χ2v) is 5.82. The van der Waals surface area contributed by atoms with Crippen molar-refractivity contribution in [3.63, 3.8) is 0 Å². The Morgan fingerprint density at radius 3 is 2.59 bits per heavy atom. The molecular formula is C16H20F2N2O2. The normalized spacial score (nSPS) is 21.7. The first-order chi connectivity index (χ1) is 10.7. The highest BCUT2D eigenvalue weighted by Gasteiger charge is 2.36. The molecule has 120 valence electrons. The predicted molar refractivity (Wildman–Crippen MR) is 78.2 cm³/mol. The van der Waals surface area contributed by atoms with E-state index in [0.29, 0.717) is 0 Å². The highest BCUT2D eigenvalue weighted by atomic mass is 19.3. The van der Waals surface area contributed by atoms with Crippen molar-refractivity contribution in [1.82, 2.24) is 10.2 Å². The molecule has 1 aliphatic heterocycles. The summed E-state index contributed by atoms with van der Waals surface area (Å²) in [6.45, 7) is -1.28. The van der Waals surface area contributed by atoms with E-state index in [9.17, 15) is 13.6 Å². The second kappa shape index (κ2) is 6.60. The third-order valence-corrected chi connectivity index (χ3v) is 4.46. The van der Waals surface area contributed by atoms with Crippen LogP contribution in [0.3, 0.4) is 0 Å². The van der Waals surface area contributed by atoms with Crippen LogP contribution >= 0.6 is 0 Å². The Kier molecular flexibility index (Phi) is 4.57. The summed E-state index contributed by atoms with van der Waals surface area (Å²) in [5.74, 6) is -0.243. The third-order valence-electron chi connectivity index (χ3n) is 4.46. The Bertz CT molecular complexity index is 529. The SMILES string of the molecule is O=C(c1ccccc1OC(F)F)N(C1CCC1)C1CCNC1. The largest absolute Gasteiger partial charge is 0.434 e. The lowest BCUT2D eigenvalue weighted by molar-refractivity contribution is -0.0504. The first-order valence-electron chi connectivity index (χ1n) is 7.74. The average Bonchev–Trinajstić information content (AvgIpc) is 2.95. The highest BCUT2D eigenvalue weighted by Crippen LogP contribution is 2.31. The molecular weight excluding hydrogens is 290 g/mol. The molecule has 1 unspecified atom stereocenters. The number of ether oxygens (including phenoxy) is 1. The van der Waals surface area contributed by atoms with E-state index in [1.165, 1.54) is 6.07 Å². The molecule has 1 aromatic rings. The van der Waals surface area contributed by atoms with Gasteiger partial charge in [0.25, 0.3) is 5.91 Å². The number of alkyl halides is 2. The van der Waals surface area contributed by atoms with Crippen molar-refractivity contribution in [2.45, 2.75) is 44.4 Å². The van der Waals surface area contributed by atoms with Crippen LogP contribution in [0.4, 0.5) is 8.78 Å². The fraction of sp³-hybridized carbons (Fsp3) is 0.562. The lowest BCUT2D eigenvalue weighted by Gasteiger charge is -2.41. The van der Waals surface area contributed by atoms with E-state index in [0.717, 1.165) is 38.8 Å². The molecule has 2 fully saturated rings. The Hall–Kier alpha value is -1.69. The van der Waals surface area contributed by atoms with E-state index in [4.69, 9.17) is 0 Å². The molecule has 1 aliphatic carbocycles. The van der Waals surface area contributed by atoms with Crippen molar-refractivity contribution in [2.75, 3.05) is 13.1 Å². The topological polar surface area (TPSA) is 41.6 Å². The standard InChI is InChI=1S/C16H20F2N2O2/c17-16(18)22-14-7-2-1-6-13(14)15(21)20(11-4-3-5-11)12-8-9-19-10-12/h1-2,6-7,11-12,16,19H,3-5,8-10H2. The minimum absolute atomic E-state index is 0.0437. The number of halogens is 2. The number of nitrogens with one attached hydrogen (secondary N) is 1. The fourth-order valence-electron chi connectivity index (χ4n) is 3.15. The molecule has 0 bridgehead atoms. The summed E-state index contributed by atoms with van der Waals surface area (Å²) < 4.78 is 29.6. The summed E-state index contributed by atoms with van der Waals surface area (Å²) in [6, 6.07) is 6.62. The Morgan fingerprint density at radius 1 is 1.23 bits per heavy atom. The molecule has 1 saturated carbocycles. The number of hydrogen-bond acceptors (Lipinski definition) is 3. The maximum absolute atomic E-state index is 12.9. The van der Waals surface area contributed by atoms with Gasteiger partial charge in [0.1, 0.15) is 5.75 Å². The number of benzene rings is 1. The number of amides is 1. The molecule has 1 amide bonds. The molecule has 1 atom stereocenters. The van der Waals surface area contributed by atoms with Crippen LogP contribution in [0.15, 0.2) is 24.3 Å². The van der Waals surface area contributed by atoms with E-state index in [-0.39, 0.29) is 29.3 Å². The molecule has 6 heteroatoms. The molecule has 1 saturated heterocycles. The smallest absolute Gasteiger partial charge is 0.387 e. The molecule has 1 aromatic carbocycles. The summed E-state index contributed by atoms with van der Waals surface area (Å²) in [5, 5.41) is 3.26. The summed E-state index contributed by atoms with van der Waals surface area (Å²) in [5.41, 5.74) is 0.224. The lowest BCUT2D eigenvalue weighted by atomic mass is 9.89. The number of nitrogens with zero attached hydrogens (tertiary/aromatic N) is 1. The van der Waals surface area contributed by atoms with E-state index in [2.05, 4.69) is 10.1 Å². The summed E-state index contributed by atoms with van der Waals surface area (Å²) >= 11 is 0. The van der Waals surface area contributed by atoms with Crippen LogP contribution in [0.2, 0.25) is 0 Å². The molecule has 3 rings (SSSR count). The van der Waals surface area contributed by atoms with E-state index >= 15 is 0 Å². The maximum atomic E-state index is 12.9. The number of hydrogen-bond donors (Lipinski definition) is 1. The van der Waals surface area contributed by atoms with Crippen LogP contribution in [0, 0.1) is 0 Å². The van der Waals surface area contributed by atoms with Crippen LogP contribution in [-0.4, -0.2) is 42.6 Å². The Morgan fingerprint density at radius 2 is 2.00 bits per heavy atom. The molecule has 22 heavy (non-hydrogen) atoms. The average molecular weight is 310 g/mol. The lowest BCUT2D eigenvalue weighted by Crippen LogP contribution is -2.51. The molecule has 0 spiro atoms. The van der Waals surface area contributed by atoms with Crippen LogP contribution in [-0.2, 0) is 0 Å². The van der Waals surface area contributed by atoms with Crippen molar-refractivity contribution in [3.8, 4) is 5.75 Å². The summed E-state index contributed by atoms with van der Waals surface area (Å²) in [4.78, 5) is 14.8. The van der Waals surface area contributed by atoms with E-state index in [1.807, 2.05) is 4.90 Å². The molecule has 2 aliphatic rings. The molecule has 1 heterocycles. The van der Waals surface area contributed by atoms with Gasteiger partial charge in [-0.1, -0.05) is 12.1 Å². The first-order valence-corrected chi connectivity index (χ1v) is 7.74.